The summed E-state index contributed by atoms with van der Waals surface area (Å²) in [5.41, 5.74) is 4.97. The van der Waals surface area contributed by atoms with Crippen molar-refractivity contribution in [2.75, 3.05) is 12.0 Å². The van der Waals surface area contributed by atoms with E-state index in [4.69, 9.17) is 0 Å². The Morgan fingerprint density at radius 1 is 1.17 bits per heavy atom. The van der Waals surface area contributed by atoms with Crippen molar-refractivity contribution in [2.45, 2.75) is 20.4 Å². The van der Waals surface area contributed by atoms with Crippen molar-refractivity contribution in [2.24, 2.45) is 7.05 Å². The third-order valence-corrected chi connectivity index (χ3v) is 4.89. The minimum atomic E-state index is -3.01. The minimum absolute atomic E-state index is 0.0933. The van der Waals surface area contributed by atoms with Gasteiger partial charge in [-0.05, 0) is 31.5 Å². The molecule has 7 heteroatoms. The maximum Gasteiger partial charge on any atom is 0.149 e. The molecule has 1 aromatic carbocycles. The summed E-state index contributed by atoms with van der Waals surface area (Å²) < 4.78 is 26.3. The topological polar surface area (TPSA) is 69.8 Å². The number of hydrogen-bond donors (Lipinski definition) is 0. The first-order chi connectivity index (χ1) is 10.7. The maximum atomic E-state index is 11.4. The van der Waals surface area contributed by atoms with Crippen LogP contribution >= 0.6 is 0 Å². The van der Waals surface area contributed by atoms with Crippen LogP contribution in [0.25, 0.3) is 22.0 Å². The van der Waals surface area contributed by atoms with Crippen molar-refractivity contribution in [1.29, 1.82) is 0 Å². The summed E-state index contributed by atoms with van der Waals surface area (Å²) in [6.07, 6.45) is 3.23. The Labute approximate surface area is 135 Å². The molecular weight excluding hydrogens is 312 g/mol. The Morgan fingerprint density at radius 3 is 2.61 bits per heavy atom. The van der Waals surface area contributed by atoms with Crippen molar-refractivity contribution in [3.05, 3.63) is 35.8 Å². The van der Waals surface area contributed by atoms with E-state index >= 15 is 0 Å². The van der Waals surface area contributed by atoms with Crippen LogP contribution in [0, 0.1) is 13.8 Å². The van der Waals surface area contributed by atoms with Gasteiger partial charge in [-0.2, -0.15) is 10.2 Å². The molecule has 0 saturated carbocycles. The fourth-order valence-corrected chi connectivity index (χ4v) is 3.39. The number of benzene rings is 1. The lowest BCUT2D eigenvalue weighted by molar-refractivity contribution is 0.581. The van der Waals surface area contributed by atoms with Crippen molar-refractivity contribution in [3.8, 4) is 11.1 Å². The van der Waals surface area contributed by atoms with Crippen LogP contribution < -0.4 is 0 Å². The zero-order valence-electron chi connectivity index (χ0n) is 13.7. The second-order valence-electron chi connectivity index (χ2n) is 5.98. The molecule has 0 radical (unpaired) electrons. The SMILES string of the molecule is Cc1nn(CCS(C)(=O)=O)c(C)c1-c1ccc2nn(C)cc2c1. The summed E-state index contributed by atoms with van der Waals surface area (Å²) in [6, 6.07) is 6.13. The predicted octanol–water partition coefficient (Wildman–Crippen LogP) is 2.10. The standard InChI is InChI=1S/C16H20N4O2S/c1-11-16(12(2)20(17-11)7-8-23(4,21)22)13-5-6-15-14(9-13)10-19(3)18-15/h5-6,9-10H,7-8H2,1-4H3. The molecule has 0 saturated heterocycles. The first kappa shape index (κ1) is 15.7. The number of aromatic nitrogens is 4. The van der Waals surface area contributed by atoms with Gasteiger partial charge in [-0.1, -0.05) is 6.07 Å². The molecule has 0 unspecified atom stereocenters. The first-order valence-electron chi connectivity index (χ1n) is 7.40. The van der Waals surface area contributed by atoms with Gasteiger partial charge in [0.05, 0.1) is 23.5 Å². The molecule has 0 spiro atoms. The Hall–Kier alpha value is -2.15. The molecule has 3 aromatic rings. The summed E-state index contributed by atoms with van der Waals surface area (Å²) in [5, 5.41) is 9.97. The smallest absolute Gasteiger partial charge is 0.149 e. The molecule has 0 N–H and O–H groups in total. The number of sulfone groups is 1. The van der Waals surface area contributed by atoms with Gasteiger partial charge in [-0.3, -0.25) is 9.36 Å². The fourth-order valence-electron chi connectivity index (χ4n) is 2.89. The highest BCUT2D eigenvalue weighted by molar-refractivity contribution is 7.90. The summed E-state index contributed by atoms with van der Waals surface area (Å²) >= 11 is 0. The number of nitrogens with zero attached hydrogens (tertiary/aromatic N) is 4. The van der Waals surface area contributed by atoms with Crippen LogP contribution in [-0.4, -0.2) is 40.0 Å². The number of rotatable bonds is 4. The van der Waals surface area contributed by atoms with Gasteiger partial charge < -0.3 is 0 Å². The third kappa shape index (κ3) is 3.14. The molecule has 0 fully saturated rings. The zero-order chi connectivity index (χ0) is 16.8. The second-order valence-corrected chi connectivity index (χ2v) is 8.23. The second kappa shape index (κ2) is 5.49. The van der Waals surface area contributed by atoms with Crippen LogP contribution in [0.15, 0.2) is 24.4 Å². The van der Waals surface area contributed by atoms with Crippen LogP contribution in [0.5, 0.6) is 0 Å². The highest BCUT2D eigenvalue weighted by Gasteiger charge is 2.15. The van der Waals surface area contributed by atoms with E-state index in [0.717, 1.165) is 33.4 Å². The molecule has 122 valence electrons. The molecule has 0 aliphatic heterocycles. The van der Waals surface area contributed by atoms with E-state index in [9.17, 15) is 8.42 Å². The summed E-state index contributed by atoms with van der Waals surface area (Å²) in [5.74, 6) is 0.0933. The molecule has 0 bridgehead atoms. The van der Waals surface area contributed by atoms with Crippen molar-refractivity contribution >= 4 is 20.7 Å². The molecule has 0 amide bonds. The van der Waals surface area contributed by atoms with Gasteiger partial charge in [0.2, 0.25) is 0 Å². The summed E-state index contributed by atoms with van der Waals surface area (Å²) in [6.45, 7) is 4.30. The molecule has 23 heavy (non-hydrogen) atoms. The average Bonchev–Trinajstić information content (AvgIpc) is 2.94. The quantitative estimate of drug-likeness (QED) is 0.733. The van der Waals surface area contributed by atoms with Gasteiger partial charge in [-0.15, -0.1) is 0 Å². The van der Waals surface area contributed by atoms with Gasteiger partial charge in [0, 0.05) is 36.1 Å². The molecule has 0 atom stereocenters. The molecule has 3 rings (SSSR count). The van der Waals surface area contributed by atoms with Crippen LogP contribution in [0.1, 0.15) is 11.4 Å². The van der Waals surface area contributed by atoms with Crippen molar-refractivity contribution in [1.82, 2.24) is 19.6 Å². The fraction of sp³-hybridized carbons (Fsp3) is 0.375. The van der Waals surface area contributed by atoms with E-state index in [1.54, 1.807) is 9.36 Å². The Kier molecular flexibility index (Phi) is 3.75. The van der Waals surface area contributed by atoms with E-state index in [-0.39, 0.29) is 5.75 Å². The molecule has 2 aromatic heterocycles. The van der Waals surface area contributed by atoms with Crippen LogP contribution in [0.3, 0.4) is 0 Å². The van der Waals surface area contributed by atoms with Crippen LogP contribution in [-0.2, 0) is 23.4 Å². The van der Waals surface area contributed by atoms with E-state index < -0.39 is 9.84 Å². The van der Waals surface area contributed by atoms with E-state index in [1.807, 2.05) is 39.2 Å². The van der Waals surface area contributed by atoms with Gasteiger partial charge in [-0.25, -0.2) is 8.42 Å². The van der Waals surface area contributed by atoms with E-state index in [2.05, 4.69) is 16.3 Å². The van der Waals surface area contributed by atoms with Gasteiger partial charge in [0.1, 0.15) is 9.84 Å². The predicted molar refractivity (Wildman–Crippen MR) is 91.1 cm³/mol. The molecular formula is C16H20N4O2S. The molecule has 2 heterocycles. The molecule has 6 nitrogen and oxygen atoms in total. The zero-order valence-corrected chi connectivity index (χ0v) is 14.6. The Balaban J connectivity index is 2.02. The lowest BCUT2D eigenvalue weighted by Gasteiger charge is -2.05. The number of hydrogen-bond acceptors (Lipinski definition) is 4. The van der Waals surface area contributed by atoms with Crippen LogP contribution in [0.2, 0.25) is 0 Å². The monoisotopic (exact) mass is 332 g/mol. The third-order valence-electron chi connectivity index (χ3n) is 3.96. The summed E-state index contributed by atoms with van der Waals surface area (Å²) in [4.78, 5) is 0. The van der Waals surface area contributed by atoms with Crippen molar-refractivity contribution in [3.63, 3.8) is 0 Å². The maximum absolute atomic E-state index is 11.4. The van der Waals surface area contributed by atoms with E-state index in [1.165, 1.54) is 6.26 Å². The van der Waals surface area contributed by atoms with E-state index in [0.29, 0.717) is 6.54 Å². The largest absolute Gasteiger partial charge is 0.275 e. The average molecular weight is 332 g/mol. The van der Waals surface area contributed by atoms with Gasteiger partial charge in [0.15, 0.2) is 0 Å². The summed E-state index contributed by atoms with van der Waals surface area (Å²) in [7, 11) is -1.10. The number of aryl methyl sites for hydroxylation is 3. The lowest BCUT2D eigenvalue weighted by Crippen LogP contribution is -2.13. The normalized spacial score (nSPS) is 12.2. The highest BCUT2D eigenvalue weighted by Crippen LogP contribution is 2.29. The van der Waals surface area contributed by atoms with Crippen LogP contribution in [0.4, 0.5) is 0 Å². The molecule has 0 aliphatic rings. The Bertz CT molecular complexity index is 983. The number of fused-ring (bicyclic) bond motifs is 1. The first-order valence-corrected chi connectivity index (χ1v) is 9.46. The lowest BCUT2D eigenvalue weighted by atomic mass is 10.0. The molecule has 0 aliphatic carbocycles. The van der Waals surface area contributed by atoms with Gasteiger partial charge >= 0.3 is 0 Å². The van der Waals surface area contributed by atoms with Gasteiger partial charge in [0.25, 0.3) is 0 Å². The highest BCUT2D eigenvalue weighted by atomic mass is 32.2. The van der Waals surface area contributed by atoms with Crippen molar-refractivity contribution < 1.29 is 8.42 Å². The minimum Gasteiger partial charge on any atom is -0.275 e. The Morgan fingerprint density at radius 2 is 1.91 bits per heavy atom.